The third kappa shape index (κ3) is 4.43. The Morgan fingerprint density at radius 1 is 0.326 bits per heavy atom. The van der Waals surface area contributed by atoms with Gasteiger partial charge in [-0.05, 0) is 99.4 Å². The van der Waals surface area contributed by atoms with Crippen molar-refractivity contribution in [2.75, 3.05) is 4.90 Å². The number of nitrogens with zero attached hydrogens (tertiary/aromatic N) is 2. The molecule has 0 fully saturated rings. The van der Waals surface area contributed by atoms with Crippen LogP contribution in [-0.4, -0.2) is 4.57 Å². The molecule has 0 saturated carbocycles. The van der Waals surface area contributed by atoms with Gasteiger partial charge in [0.25, 0.3) is 0 Å². The molecular formula is C44H30N2. The van der Waals surface area contributed by atoms with Crippen molar-refractivity contribution in [1.29, 1.82) is 0 Å². The van der Waals surface area contributed by atoms with Gasteiger partial charge < -0.3 is 9.47 Å². The van der Waals surface area contributed by atoms with E-state index in [1.54, 1.807) is 0 Å². The molecule has 0 saturated heterocycles. The Morgan fingerprint density at radius 2 is 0.848 bits per heavy atom. The minimum atomic E-state index is 1.12. The van der Waals surface area contributed by atoms with E-state index in [-0.39, 0.29) is 0 Å². The second-order valence-corrected chi connectivity index (χ2v) is 11.9. The molecule has 9 aromatic rings. The first-order valence-electron chi connectivity index (χ1n) is 15.8. The van der Waals surface area contributed by atoms with Crippen LogP contribution in [0.4, 0.5) is 17.1 Å². The summed E-state index contributed by atoms with van der Waals surface area (Å²) < 4.78 is 2.38. The highest BCUT2D eigenvalue weighted by Crippen LogP contribution is 2.38. The summed E-state index contributed by atoms with van der Waals surface area (Å²) in [5.41, 5.74) is 9.42. The van der Waals surface area contributed by atoms with Gasteiger partial charge in [0, 0.05) is 33.5 Å². The number of rotatable bonds is 5. The Bertz CT molecular complexity index is 2470. The van der Waals surface area contributed by atoms with Crippen LogP contribution in [-0.2, 0) is 0 Å². The van der Waals surface area contributed by atoms with Crippen LogP contribution in [0.2, 0.25) is 0 Å². The van der Waals surface area contributed by atoms with Crippen LogP contribution in [0.25, 0.3) is 60.2 Å². The first kappa shape index (κ1) is 26.3. The second kappa shape index (κ2) is 10.8. The average Bonchev–Trinajstić information content (AvgIpc) is 3.46. The van der Waals surface area contributed by atoms with Crippen LogP contribution in [0.3, 0.4) is 0 Å². The fraction of sp³-hybridized carbons (Fsp3) is 0. The van der Waals surface area contributed by atoms with Crippen molar-refractivity contribution in [3.63, 3.8) is 0 Å². The number of anilines is 3. The molecule has 0 N–H and O–H groups in total. The van der Waals surface area contributed by atoms with Crippen LogP contribution in [0.15, 0.2) is 182 Å². The normalized spacial score (nSPS) is 11.5. The highest BCUT2D eigenvalue weighted by Gasteiger charge is 2.15. The molecule has 0 bridgehead atoms. The van der Waals surface area contributed by atoms with E-state index in [4.69, 9.17) is 0 Å². The van der Waals surface area contributed by atoms with Crippen molar-refractivity contribution in [3.05, 3.63) is 182 Å². The molecule has 0 aliphatic carbocycles. The number of hydrogen-bond acceptors (Lipinski definition) is 1. The average molecular weight is 587 g/mol. The molecule has 216 valence electrons. The lowest BCUT2D eigenvalue weighted by molar-refractivity contribution is 1.19. The van der Waals surface area contributed by atoms with Crippen molar-refractivity contribution >= 4 is 60.4 Å². The fourth-order valence-corrected chi connectivity index (χ4v) is 6.90. The summed E-state index contributed by atoms with van der Waals surface area (Å²) in [5.74, 6) is 0. The van der Waals surface area contributed by atoms with Crippen LogP contribution < -0.4 is 4.90 Å². The second-order valence-electron chi connectivity index (χ2n) is 11.9. The van der Waals surface area contributed by atoms with E-state index in [1.165, 1.54) is 60.2 Å². The van der Waals surface area contributed by atoms with E-state index in [0.717, 1.165) is 17.1 Å². The third-order valence-corrected chi connectivity index (χ3v) is 9.13. The monoisotopic (exact) mass is 586 g/mol. The first-order chi connectivity index (χ1) is 22.8. The smallest absolute Gasteiger partial charge is 0.0541 e. The summed E-state index contributed by atoms with van der Waals surface area (Å²) >= 11 is 0. The molecule has 0 amide bonds. The van der Waals surface area contributed by atoms with Crippen molar-refractivity contribution in [3.8, 4) is 16.8 Å². The molecule has 0 atom stereocenters. The van der Waals surface area contributed by atoms with Gasteiger partial charge in [-0.1, -0.05) is 115 Å². The Kier molecular flexibility index (Phi) is 6.17. The predicted octanol–water partition coefficient (Wildman–Crippen LogP) is 12.2. The quantitative estimate of drug-likeness (QED) is 0.195. The standard InChI is InChI=1S/C44H30N2/c1-2-12-37(13-3-1)45(38-24-20-32(21-25-38)34-19-18-31-10-4-5-11-33(31)28-34)39-26-22-36-30-40(27-23-35(36)29-39)46-43-16-8-6-14-41(43)42-15-7-9-17-44(42)46/h1-30H. The lowest BCUT2D eigenvalue weighted by atomic mass is 10.0. The lowest BCUT2D eigenvalue weighted by Crippen LogP contribution is -2.09. The van der Waals surface area contributed by atoms with E-state index < -0.39 is 0 Å². The minimum absolute atomic E-state index is 1.12. The molecule has 9 rings (SSSR count). The van der Waals surface area contributed by atoms with E-state index in [9.17, 15) is 0 Å². The van der Waals surface area contributed by atoms with Crippen LogP contribution in [0.5, 0.6) is 0 Å². The highest BCUT2D eigenvalue weighted by atomic mass is 15.1. The lowest BCUT2D eigenvalue weighted by Gasteiger charge is -2.26. The summed E-state index contributed by atoms with van der Waals surface area (Å²) in [6.45, 7) is 0. The maximum Gasteiger partial charge on any atom is 0.0541 e. The van der Waals surface area contributed by atoms with Crippen LogP contribution in [0, 0.1) is 0 Å². The molecular weight excluding hydrogens is 556 g/mol. The fourth-order valence-electron chi connectivity index (χ4n) is 6.90. The van der Waals surface area contributed by atoms with Gasteiger partial charge in [0.05, 0.1) is 11.0 Å². The maximum atomic E-state index is 2.38. The van der Waals surface area contributed by atoms with Gasteiger partial charge in [0.2, 0.25) is 0 Å². The molecule has 0 aliphatic heterocycles. The number of hydrogen-bond donors (Lipinski definition) is 0. The SMILES string of the molecule is c1ccc(N(c2ccc(-c3ccc4ccccc4c3)cc2)c2ccc3cc(-n4c5ccccc5c5ccccc54)ccc3c2)cc1. The molecule has 0 aliphatic rings. The summed E-state index contributed by atoms with van der Waals surface area (Å²) in [6, 6.07) is 65.7. The number of benzene rings is 8. The van der Waals surface area contributed by atoms with Crippen molar-refractivity contribution < 1.29 is 0 Å². The molecule has 2 heteroatoms. The van der Waals surface area contributed by atoms with E-state index in [1.807, 2.05) is 0 Å². The van der Waals surface area contributed by atoms with E-state index in [0.29, 0.717) is 0 Å². The van der Waals surface area contributed by atoms with Crippen molar-refractivity contribution in [1.82, 2.24) is 4.57 Å². The van der Waals surface area contributed by atoms with Gasteiger partial charge in [-0.25, -0.2) is 0 Å². The first-order valence-corrected chi connectivity index (χ1v) is 15.8. The molecule has 2 nitrogen and oxygen atoms in total. The summed E-state index contributed by atoms with van der Waals surface area (Å²) in [5, 5.41) is 7.49. The minimum Gasteiger partial charge on any atom is -0.310 e. The predicted molar refractivity (Wildman–Crippen MR) is 196 cm³/mol. The largest absolute Gasteiger partial charge is 0.310 e. The van der Waals surface area contributed by atoms with Crippen LogP contribution >= 0.6 is 0 Å². The molecule has 8 aromatic carbocycles. The zero-order valence-electron chi connectivity index (χ0n) is 25.2. The summed E-state index contributed by atoms with van der Waals surface area (Å²) in [4.78, 5) is 2.34. The number of fused-ring (bicyclic) bond motifs is 5. The summed E-state index contributed by atoms with van der Waals surface area (Å²) in [7, 11) is 0. The third-order valence-electron chi connectivity index (χ3n) is 9.13. The zero-order chi connectivity index (χ0) is 30.5. The number of aromatic nitrogens is 1. The molecule has 1 heterocycles. The molecule has 46 heavy (non-hydrogen) atoms. The van der Waals surface area contributed by atoms with E-state index >= 15 is 0 Å². The van der Waals surface area contributed by atoms with Gasteiger partial charge in [-0.15, -0.1) is 0 Å². The van der Waals surface area contributed by atoms with Crippen LogP contribution in [0.1, 0.15) is 0 Å². The van der Waals surface area contributed by atoms with Gasteiger partial charge in [0.15, 0.2) is 0 Å². The Hall–Kier alpha value is -6.12. The van der Waals surface area contributed by atoms with Gasteiger partial charge in [0.1, 0.15) is 0 Å². The molecule has 0 unspecified atom stereocenters. The highest BCUT2D eigenvalue weighted by molar-refractivity contribution is 6.09. The van der Waals surface area contributed by atoms with Gasteiger partial charge in [-0.3, -0.25) is 0 Å². The topological polar surface area (TPSA) is 8.17 Å². The van der Waals surface area contributed by atoms with Gasteiger partial charge in [-0.2, -0.15) is 0 Å². The Morgan fingerprint density at radius 3 is 1.61 bits per heavy atom. The van der Waals surface area contributed by atoms with Crippen molar-refractivity contribution in [2.45, 2.75) is 0 Å². The number of para-hydroxylation sites is 3. The molecule has 1 aromatic heterocycles. The van der Waals surface area contributed by atoms with Crippen molar-refractivity contribution in [2.24, 2.45) is 0 Å². The Labute approximate surface area is 268 Å². The molecule has 0 radical (unpaired) electrons. The molecule has 0 spiro atoms. The van der Waals surface area contributed by atoms with E-state index in [2.05, 4.69) is 191 Å². The maximum absolute atomic E-state index is 2.38. The summed E-state index contributed by atoms with van der Waals surface area (Å²) in [6.07, 6.45) is 0. The van der Waals surface area contributed by atoms with Gasteiger partial charge >= 0.3 is 0 Å². The Balaban J connectivity index is 1.12. The zero-order valence-corrected chi connectivity index (χ0v) is 25.2.